The van der Waals surface area contributed by atoms with Gasteiger partial charge in [-0.05, 0) is 31.0 Å². The minimum atomic E-state index is -3.72. The minimum absolute atomic E-state index is 0.140. The third kappa shape index (κ3) is 2.80. The molecule has 0 bridgehead atoms. The maximum Gasteiger partial charge on any atom is 0.263 e. The third-order valence-corrected chi connectivity index (χ3v) is 4.92. The molecule has 1 heterocycles. The fourth-order valence-corrected chi connectivity index (χ4v) is 3.80. The van der Waals surface area contributed by atoms with E-state index < -0.39 is 10.0 Å². The fraction of sp³-hybridized carbons (Fsp3) is 0.250. The summed E-state index contributed by atoms with van der Waals surface area (Å²) < 4.78 is 28.0. The van der Waals surface area contributed by atoms with Crippen LogP contribution in [0.25, 0.3) is 0 Å². The van der Waals surface area contributed by atoms with Crippen LogP contribution >= 0.6 is 15.9 Å². The van der Waals surface area contributed by atoms with Crippen LogP contribution in [0.2, 0.25) is 0 Å². The second-order valence-corrected chi connectivity index (χ2v) is 6.91. The Morgan fingerprint density at radius 3 is 2.80 bits per heavy atom. The van der Waals surface area contributed by atoms with E-state index in [0.717, 1.165) is 5.56 Å². The Hall–Kier alpha value is -1.54. The van der Waals surface area contributed by atoms with E-state index in [1.807, 2.05) is 6.92 Å². The molecule has 1 aromatic carbocycles. The lowest BCUT2D eigenvalue weighted by atomic mass is 10.2. The van der Waals surface area contributed by atoms with Crippen molar-refractivity contribution in [1.29, 1.82) is 0 Å². The number of hydrogen-bond donors (Lipinski definition) is 3. The van der Waals surface area contributed by atoms with Crippen molar-refractivity contribution in [3.8, 4) is 0 Å². The molecule has 20 heavy (non-hydrogen) atoms. The Kier molecular flexibility index (Phi) is 4.05. The number of aromatic amines is 1. The molecule has 2 aromatic rings. The van der Waals surface area contributed by atoms with Gasteiger partial charge in [-0.3, -0.25) is 9.82 Å². The second kappa shape index (κ2) is 5.45. The Bertz CT molecular complexity index is 740. The van der Waals surface area contributed by atoms with Crippen LogP contribution < -0.4 is 10.5 Å². The molecule has 0 aliphatic rings. The number of hydrogen-bond acceptors (Lipinski definition) is 4. The van der Waals surface area contributed by atoms with Crippen LogP contribution in [0.1, 0.15) is 18.1 Å². The summed E-state index contributed by atoms with van der Waals surface area (Å²) in [6.07, 6.45) is 2.27. The Labute approximate surface area is 125 Å². The smallest absolute Gasteiger partial charge is 0.263 e. The zero-order chi connectivity index (χ0) is 14.9. The Balaban J connectivity index is 2.46. The van der Waals surface area contributed by atoms with Gasteiger partial charge in [0.2, 0.25) is 0 Å². The molecule has 0 saturated heterocycles. The number of nitrogens with one attached hydrogen (secondary N) is 2. The van der Waals surface area contributed by atoms with E-state index in [0.29, 0.717) is 28.0 Å². The lowest BCUT2D eigenvalue weighted by Gasteiger charge is -2.12. The first-order valence-electron chi connectivity index (χ1n) is 5.96. The normalized spacial score (nSPS) is 11.6. The van der Waals surface area contributed by atoms with E-state index in [-0.39, 0.29) is 4.90 Å². The van der Waals surface area contributed by atoms with Gasteiger partial charge in [0, 0.05) is 15.7 Å². The van der Waals surface area contributed by atoms with Crippen LogP contribution in [0.15, 0.2) is 27.7 Å². The number of H-pyrrole nitrogens is 1. The van der Waals surface area contributed by atoms with Crippen molar-refractivity contribution in [2.75, 3.05) is 10.5 Å². The van der Waals surface area contributed by atoms with Crippen LogP contribution in [-0.2, 0) is 16.4 Å². The van der Waals surface area contributed by atoms with Crippen LogP contribution in [0.3, 0.4) is 0 Å². The number of aromatic nitrogens is 2. The summed E-state index contributed by atoms with van der Waals surface area (Å²) in [7, 11) is -3.72. The molecular weight excluding hydrogens is 344 g/mol. The molecule has 0 aliphatic heterocycles. The third-order valence-electron chi connectivity index (χ3n) is 2.99. The maximum absolute atomic E-state index is 12.5. The lowest BCUT2D eigenvalue weighted by Crippen LogP contribution is -2.16. The number of sulfonamides is 1. The number of halogens is 1. The quantitative estimate of drug-likeness (QED) is 0.730. The molecule has 8 heteroatoms. The minimum Gasteiger partial charge on any atom is -0.398 e. The van der Waals surface area contributed by atoms with E-state index >= 15 is 0 Å². The van der Waals surface area contributed by atoms with Crippen LogP contribution in [-0.4, -0.2) is 18.6 Å². The maximum atomic E-state index is 12.5. The molecule has 2 rings (SSSR count). The molecule has 0 amide bonds. The van der Waals surface area contributed by atoms with Gasteiger partial charge in [0.1, 0.15) is 5.82 Å². The zero-order valence-corrected chi connectivity index (χ0v) is 13.5. The summed E-state index contributed by atoms with van der Waals surface area (Å²) in [5, 5.41) is 6.49. The van der Waals surface area contributed by atoms with Gasteiger partial charge in [-0.15, -0.1) is 0 Å². The summed E-state index contributed by atoms with van der Waals surface area (Å²) in [6, 6.07) is 3.19. The van der Waals surface area contributed by atoms with Crippen molar-refractivity contribution >= 4 is 37.5 Å². The molecule has 1 aromatic heterocycles. The largest absolute Gasteiger partial charge is 0.398 e. The van der Waals surface area contributed by atoms with Crippen molar-refractivity contribution in [3.63, 3.8) is 0 Å². The first-order chi connectivity index (χ1) is 9.35. The average Bonchev–Trinajstić information content (AvgIpc) is 2.80. The summed E-state index contributed by atoms with van der Waals surface area (Å²) in [5.41, 5.74) is 7.53. The summed E-state index contributed by atoms with van der Waals surface area (Å²) >= 11 is 3.25. The summed E-state index contributed by atoms with van der Waals surface area (Å²) in [6.45, 7) is 3.59. The monoisotopic (exact) mass is 358 g/mol. The molecule has 0 saturated carbocycles. The molecule has 0 radical (unpaired) electrons. The predicted octanol–water partition coefficient (Wildman–Crippen LogP) is 2.43. The van der Waals surface area contributed by atoms with Gasteiger partial charge < -0.3 is 5.73 Å². The molecule has 0 spiro atoms. The van der Waals surface area contributed by atoms with Crippen LogP contribution in [0.5, 0.6) is 0 Å². The standard InChI is InChI=1S/C12H15BrN4O2S/c1-3-8-6-15-16-12(8)17-20(18,19)11-5-9(13)4-10(14)7(11)2/h4-6H,3,14H2,1-2H3,(H2,15,16,17). The first-order valence-corrected chi connectivity index (χ1v) is 8.23. The van der Waals surface area contributed by atoms with Crippen LogP contribution in [0, 0.1) is 6.92 Å². The van der Waals surface area contributed by atoms with E-state index in [2.05, 4.69) is 30.8 Å². The highest BCUT2D eigenvalue weighted by Gasteiger charge is 2.21. The number of aryl methyl sites for hydroxylation is 1. The SMILES string of the molecule is CCc1cn[nH]c1NS(=O)(=O)c1cc(Br)cc(N)c1C. The molecule has 0 unspecified atom stereocenters. The van der Waals surface area contributed by atoms with Crippen molar-refractivity contribution in [3.05, 3.63) is 33.9 Å². The molecule has 6 nitrogen and oxygen atoms in total. The second-order valence-electron chi connectivity index (χ2n) is 4.35. The Morgan fingerprint density at radius 2 is 2.15 bits per heavy atom. The Morgan fingerprint density at radius 1 is 1.45 bits per heavy atom. The number of anilines is 2. The topological polar surface area (TPSA) is 101 Å². The average molecular weight is 359 g/mol. The van der Waals surface area contributed by atoms with Gasteiger partial charge in [-0.2, -0.15) is 5.10 Å². The van der Waals surface area contributed by atoms with Crippen LogP contribution in [0.4, 0.5) is 11.5 Å². The number of nitrogen functional groups attached to an aromatic ring is 1. The van der Waals surface area contributed by atoms with E-state index in [1.54, 1.807) is 19.2 Å². The fourth-order valence-electron chi connectivity index (χ4n) is 1.81. The summed E-state index contributed by atoms with van der Waals surface area (Å²) in [5.74, 6) is 0.380. The van der Waals surface area contributed by atoms with Gasteiger partial charge in [0.05, 0.1) is 11.1 Å². The molecule has 4 N–H and O–H groups in total. The van der Waals surface area contributed by atoms with E-state index in [4.69, 9.17) is 5.73 Å². The number of nitrogens with two attached hydrogens (primary N) is 1. The van der Waals surface area contributed by atoms with Crippen molar-refractivity contribution < 1.29 is 8.42 Å². The number of benzene rings is 1. The van der Waals surface area contributed by atoms with Gasteiger partial charge in [0.15, 0.2) is 0 Å². The highest BCUT2D eigenvalue weighted by Crippen LogP contribution is 2.28. The van der Waals surface area contributed by atoms with Crippen molar-refractivity contribution in [2.45, 2.75) is 25.2 Å². The van der Waals surface area contributed by atoms with E-state index in [9.17, 15) is 8.42 Å². The van der Waals surface area contributed by atoms with Gasteiger partial charge >= 0.3 is 0 Å². The van der Waals surface area contributed by atoms with Gasteiger partial charge in [-0.1, -0.05) is 22.9 Å². The summed E-state index contributed by atoms with van der Waals surface area (Å²) in [4.78, 5) is 0.140. The predicted molar refractivity (Wildman–Crippen MR) is 82.1 cm³/mol. The lowest BCUT2D eigenvalue weighted by molar-refractivity contribution is 0.600. The van der Waals surface area contributed by atoms with Crippen molar-refractivity contribution in [1.82, 2.24) is 10.2 Å². The zero-order valence-electron chi connectivity index (χ0n) is 11.1. The molecule has 0 fully saturated rings. The highest BCUT2D eigenvalue weighted by atomic mass is 79.9. The highest BCUT2D eigenvalue weighted by molar-refractivity contribution is 9.10. The first kappa shape index (κ1) is 14.9. The molecule has 0 atom stereocenters. The van der Waals surface area contributed by atoms with Crippen molar-refractivity contribution in [2.24, 2.45) is 0 Å². The molecular formula is C12H15BrN4O2S. The molecule has 0 aliphatic carbocycles. The van der Waals surface area contributed by atoms with Gasteiger partial charge in [0.25, 0.3) is 10.0 Å². The van der Waals surface area contributed by atoms with E-state index in [1.165, 1.54) is 6.07 Å². The van der Waals surface area contributed by atoms with Gasteiger partial charge in [-0.25, -0.2) is 8.42 Å². The number of nitrogens with zero attached hydrogens (tertiary/aromatic N) is 1. The number of rotatable bonds is 4. The molecule has 108 valence electrons.